The van der Waals surface area contributed by atoms with Gasteiger partial charge in [0.15, 0.2) is 0 Å². The molecule has 1 fully saturated rings. The minimum absolute atomic E-state index is 0.133. The Hall–Kier alpha value is -1.55. The molecule has 2 N–H and O–H groups in total. The molecule has 0 radical (unpaired) electrons. The highest BCUT2D eigenvalue weighted by Crippen LogP contribution is 2.17. The van der Waals surface area contributed by atoms with Crippen LogP contribution >= 0.6 is 0 Å². The van der Waals surface area contributed by atoms with Gasteiger partial charge in [0, 0.05) is 18.7 Å². The van der Waals surface area contributed by atoms with Gasteiger partial charge in [-0.25, -0.2) is 0 Å². The fraction of sp³-hybridized carbons (Fsp3) is 0.562. The number of hydrogen-bond acceptors (Lipinski definition) is 3. The number of amides is 1. The molecule has 1 heterocycles. The fourth-order valence-corrected chi connectivity index (χ4v) is 2.63. The van der Waals surface area contributed by atoms with E-state index >= 15 is 0 Å². The molecule has 1 amide bonds. The predicted molar refractivity (Wildman–Crippen MR) is 80.4 cm³/mol. The molecule has 2 unspecified atom stereocenters. The molecule has 0 bridgehead atoms. The second-order valence-corrected chi connectivity index (χ2v) is 5.50. The Balaban J connectivity index is 1.93. The Morgan fingerprint density at radius 2 is 2.30 bits per heavy atom. The van der Waals surface area contributed by atoms with Crippen molar-refractivity contribution in [3.8, 4) is 0 Å². The monoisotopic (exact) mass is 276 g/mol. The van der Waals surface area contributed by atoms with Gasteiger partial charge >= 0.3 is 0 Å². The fourth-order valence-electron chi connectivity index (χ4n) is 2.63. The predicted octanol–water partition coefficient (Wildman–Crippen LogP) is 2.23. The lowest BCUT2D eigenvalue weighted by molar-refractivity contribution is -0.144. The Labute approximate surface area is 120 Å². The van der Waals surface area contributed by atoms with Crippen LogP contribution in [0.3, 0.4) is 0 Å². The highest BCUT2D eigenvalue weighted by atomic mass is 16.5. The first-order chi connectivity index (χ1) is 9.60. The van der Waals surface area contributed by atoms with Crippen LogP contribution in [0.1, 0.15) is 32.3 Å². The first-order valence-corrected chi connectivity index (χ1v) is 7.35. The molecule has 4 heteroatoms. The Bertz CT molecular complexity index is 462. The molecule has 1 aromatic rings. The first-order valence-electron chi connectivity index (χ1n) is 7.35. The number of carbonyl (C=O) groups excluding carboxylic acids is 1. The molecule has 2 atom stereocenters. The highest BCUT2D eigenvalue weighted by Gasteiger charge is 2.28. The largest absolute Gasteiger partial charge is 0.399 e. The van der Waals surface area contributed by atoms with Crippen molar-refractivity contribution in [2.75, 3.05) is 18.9 Å². The van der Waals surface area contributed by atoms with Gasteiger partial charge in [-0.05, 0) is 37.5 Å². The summed E-state index contributed by atoms with van der Waals surface area (Å²) in [6.07, 6.45) is 2.35. The molecule has 0 spiro atoms. The highest BCUT2D eigenvalue weighted by molar-refractivity contribution is 5.77. The van der Waals surface area contributed by atoms with E-state index < -0.39 is 0 Å². The summed E-state index contributed by atoms with van der Waals surface area (Å²) < 4.78 is 5.63. The third kappa shape index (κ3) is 3.73. The van der Waals surface area contributed by atoms with Crippen LogP contribution in [0.5, 0.6) is 0 Å². The summed E-state index contributed by atoms with van der Waals surface area (Å²) in [5, 5.41) is 0. The van der Waals surface area contributed by atoms with E-state index in [1.165, 1.54) is 0 Å². The second-order valence-electron chi connectivity index (χ2n) is 5.50. The van der Waals surface area contributed by atoms with Gasteiger partial charge in [-0.3, -0.25) is 4.79 Å². The summed E-state index contributed by atoms with van der Waals surface area (Å²) in [7, 11) is 0. The zero-order valence-electron chi connectivity index (χ0n) is 12.3. The van der Waals surface area contributed by atoms with E-state index in [4.69, 9.17) is 10.5 Å². The smallest absolute Gasteiger partial charge is 0.223 e. The SMILES string of the molecule is CCC1COC(C)CN1C(=O)CCc1cccc(N)c1. The van der Waals surface area contributed by atoms with Crippen molar-refractivity contribution < 1.29 is 9.53 Å². The Kier molecular flexibility index (Phi) is 5.01. The van der Waals surface area contributed by atoms with Crippen LogP contribution in [0, 0.1) is 0 Å². The minimum Gasteiger partial charge on any atom is -0.399 e. The van der Waals surface area contributed by atoms with Gasteiger partial charge in [0.2, 0.25) is 5.91 Å². The number of carbonyl (C=O) groups is 1. The number of nitrogen functional groups attached to an aromatic ring is 1. The lowest BCUT2D eigenvalue weighted by Gasteiger charge is -2.38. The van der Waals surface area contributed by atoms with E-state index in [0.717, 1.165) is 24.1 Å². The summed E-state index contributed by atoms with van der Waals surface area (Å²) in [5.74, 6) is 0.217. The van der Waals surface area contributed by atoms with E-state index in [9.17, 15) is 4.79 Å². The van der Waals surface area contributed by atoms with E-state index in [2.05, 4.69) is 6.92 Å². The van der Waals surface area contributed by atoms with Gasteiger partial charge in [-0.1, -0.05) is 19.1 Å². The molecular weight excluding hydrogens is 252 g/mol. The van der Waals surface area contributed by atoms with Crippen molar-refractivity contribution in [3.63, 3.8) is 0 Å². The summed E-state index contributed by atoms with van der Waals surface area (Å²) in [6, 6.07) is 7.97. The molecule has 110 valence electrons. The lowest BCUT2D eigenvalue weighted by atomic mass is 10.1. The molecule has 1 aliphatic heterocycles. The van der Waals surface area contributed by atoms with Gasteiger partial charge in [0.05, 0.1) is 18.8 Å². The van der Waals surface area contributed by atoms with Crippen LogP contribution in [0.2, 0.25) is 0 Å². The lowest BCUT2D eigenvalue weighted by Crippen LogP contribution is -2.51. The van der Waals surface area contributed by atoms with Crippen molar-refractivity contribution in [1.29, 1.82) is 0 Å². The van der Waals surface area contributed by atoms with Crippen molar-refractivity contribution >= 4 is 11.6 Å². The molecule has 1 aliphatic rings. The summed E-state index contributed by atoms with van der Waals surface area (Å²) in [6.45, 7) is 5.47. The van der Waals surface area contributed by atoms with E-state index in [-0.39, 0.29) is 18.1 Å². The molecule has 0 aromatic heterocycles. The molecule has 2 rings (SSSR count). The number of aryl methyl sites for hydroxylation is 1. The standard InChI is InChI=1S/C16H24N2O2/c1-3-15-11-20-12(2)10-18(15)16(19)8-7-13-5-4-6-14(17)9-13/h4-6,9,12,15H,3,7-8,10-11,17H2,1-2H3. The quantitative estimate of drug-likeness (QED) is 0.858. The number of rotatable bonds is 4. The second kappa shape index (κ2) is 6.75. The maximum absolute atomic E-state index is 12.4. The normalized spacial score (nSPS) is 22.8. The number of ether oxygens (including phenoxy) is 1. The molecule has 20 heavy (non-hydrogen) atoms. The molecular formula is C16H24N2O2. The summed E-state index contributed by atoms with van der Waals surface area (Å²) >= 11 is 0. The van der Waals surface area contributed by atoms with Gasteiger partial charge in [0.25, 0.3) is 0 Å². The zero-order valence-corrected chi connectivity index (χ0v) is 12.3. The van der Waals surface area contributed by atoms with Gasteiger partial charge < -0.3 is 15.4 Å². The van der Waals surface area contributed by atoms with Crippen LogP contribution < -0.4 is 5.73 Å². The van der Waals surface area contributed by atoms with E-state index in [1.807, 2.05) is 36.1 Å². The van der Waals surface area contributed by atoms with Gasteiger partial charge in [0.1, 0.15) is 0 Å². The summed E-state index contributed by atoms with van der Waals surface area (Å²) in [4.78, 5) is 14.4. The third-order valence-corrected chi connectivity index (χ3v) is 3.84. The van der Waals surface area contributed by atoms with Crippen LogP contribution in [-0.4, -0.2) is 36.1 Å². The zero-order chi connectivity index (χ0) is 14.5. The average Bonchev–Trinajstić information content (AvgIpc) is 2.45. The number of nitrogens with two attached hydrogens (primary N) is 1. The maximum Gasteiger partial charge on any atom is 0.223 e. The van der Waals surface area contributed by atoms with E-state index in [0.29, 0.717) is 19.6 Å². The maximum atomic E-state index is 12.4. The number of morpholine rings is 1. The Morgan fingerprint density at radius 1 is 1.50 bits per heavy atom. The first kappa shape index (κ1) is 14.9. The minimum atomic E-state index is 0.133. The average molecular weight is 276 g/mol. The van der Waals surface area contributed by atoms with Crippen LogP contribution in [0.15, 0.2) is 24.3 Å². The topological polar surface area (TPSA) is 55.6 Å². The van der Waals surface area contributed by atoms with Crippen molar-refractivity contribution in [3.05, 3.63) is 29.8 Å². The van der Waals surface area contributed by atoms with Crippen LogP contribution in [0.25, 0.3) is 0 Å². The Morgan fingerprint density at radius 3 is 3.00 bits per heavy atom. The molecule has 1 saturated heterocycles. The van der Waals surface area contributed by atoms with E-state index in [1.54, 1.807) is 0 Å². The van der Waals surface area contributed by atoms with Gasteiger partial charge in [-0.15, -0.1) is 0 Å². The molecule has 0 aliphatic carbocycles. The third-order valence-electron chi connectivity index (χ3n) is 3.84. The number of nitrogens with zero attached hydrogens (tertiary/aromatic N) is 1. The number of hydrogen-bond donors (Lipinski definition) is 1. The molecule has 4 nitrogen and oxygen atoms in total. The van der Waals surface area contributed by atoms with Crippen molar-refractivity contribution in [2.45, 2.75) is 45.3 Å². The molecule has 0 saturated carbocycles. The number of anilines is 1. The van der Waals surface area contributed by atoms with Crippen molar-refractivity contribution in [1.82, 2.24) is 4.90 Å². The number of benzene rings is 1. The summed E-state index contributed by atoms with van der Waals surface area (Å²) in [5.41, 5.74) is 7.63. The molecule has 1 aromatic carbocycles. The van der Waals surface area contributed by atoms with Crippen LogP contribution in [-0.2, 0) is 16.0 Å². The van der Waals surface area contributed by atoms with Gasteiger partial charge in [-0.2, -0.15) is 0 Å². The van der Waals surface area contributed by atoms with Crippen LogP contribution in [0.4, 0.5) is 5.69 Å². The van der Waals surface area contributed by atoms with Crippen molar-refractivity contribution in [2.24, 2.45) is 0 Å².